The average molecular weight is 451 g/mol. The summed E-state index contributed by atoms with van der Waals surface area (Å²) < 4.78 is 21.8. The Morgan fingerprint density at radius 1 is 0.625 bits per heavy atom. The summed E-state index contributed by atoms with van der Waals surface area (Å²) in [6, 6.07) is 19.0. The van der Waals surface area contributed by atoms with Crippen molar-refractivity contribution >= 4 is 11.6 Å². The molecule has 0 aliphatic rings. The second kappa shape index (κ2) is 9.24. The fourth-order valence-electron chi connectivity index (χ4n) is 3.51. The Hall–Kier alpha value is -3.64. The van der Waals surface area contributed by atoms with Crippen LogP contribution in [-0.4, -0.2) is 38.4 Å². The molecule has 1 aromatic heterocycles. The quantitative estimate of drug-likeness (QED) is 0.368. The highest BCUT2D eigenvalue weighted by Crippen LogP contribution is 2.39. The fourth-order valence-corrected chi connectivity index (χ4v) is 3.64. The molecule has 0 unspecified atom stereocenters. The van der Waals surface area contributed by atoms with Crippen molar-refractivity contribution < 1.29 is 18.9 Å². The molecule has 4 aromatic rings. The molecule has 0 spiro atoms. The van der Waals surface area contributed by atoms with Crippen molar-refractivity contribution in [2.24, 2.45) is 0 Å². The van der Waals surface area contributed by atoms with Gasteiger partial charge >= 0.3 is 0 Å². The van der Waals surface area contributed by atoms with Crippen LogP contribution in [-0.2, 0) is 0 Å². The average Bonchev–Trinajstić information content (AvgIpc) is 3.29. The number of imidazole rings is 1. The van der Waals surface area contributed by atoms with E-state index < -0.39 is 0 Å². The zero-order valence-corrected chi connectivity index (χ0v) is 19.0. The first-order valence-corrected chi connectivity index (χ1v) is 10.3. The van der Waals surface area contributed by atoms with Gasteiger partial charge in [0.1, 0.15) is 5.82 Å². The molecular weight excluding hydrogens is 428 g/mol. The van der Waals surface area contributed by atoms with Crippen molar-refractivity contribution in [3.63, 3.8) is 0 Å². The molecular formula is C25H23ClN2O4. The van der Waals surface area contributed by atoms with E-state index in [1.54, 1.807) is 28.4 Å². The molecule has 0 fully saturated rings. The van der Waals surface area contributed by atoms with E-state index in [0.717, 1.165) is 33.9 Å². The molecule has 0 aliphatic heterocycles. The molecule has 164 valence electrons. The van der Waals surface area contributed by atoms with E-state index in [4.69, 9.17) is 35.5 Å². The highest BCUT2D eigenvalue weighted by molar-refractivity contribution is 6.30. The highest BCUT2D eigenvalue weighted by Gasteiger charge is 2.18. The van der Waals surface area contributed by atoms with Crippen molar-refractivity contribution in [1.29, 1.82) is 0 Å². The van der Waals surface area contributed by atoms with Gasteiger partial charge in [-0.3, -0.25) is 0 Å². The van der Waals surface area contributed by atoms with Gasteiger partial charge in [-0.05, 0) is 60.7 Å². The van der Waals surface area contributed by atoms with Crippen molar-refractivity contribution in [2.45, 2.75) is 0 Å². The van der Waals surface area contributed by atoms with E-state index >= 15 is 0 Å². The summed E-state index contributed by atoms with van der Waals surface area (Å²) in [4.78, 5) is 8.38. The number of H-pyrrole nitrogens is 1. The Balaban J connectivity index is 1.91. The van der Waals surface area contributed by atoms with Gasteiger partial charge in [-0.2, -0.15) is 0 Å². The Kier molecular flexibility index (Phi) is 6.23. The van der Waals surface area contributed by atoms with Gasteiger partial charge < -0.3 is 23.9 Å². The standard InChI is InChI=1S/C25H23ClN2O4/c1-29-19-11-7-16(13-21(19)31-3)23-24(17-8-12-20(30-2)22(14-17)32-4)28-25(27-23)15-5-9-18(26)10-6-15/h5-14H,1-4H3,(H,27,28). The lowest BCUT2D eigenvalue weighted by molar-refractivity contribution is 0.355. The largest absolute Gasteiger partial charge is 0.493 e. The number of hydrogen-bond acceptors (Lipinski definition) is 5. The lowest BCUT2D eigenvalue weighted by Crippen LogP contribution is -1.93. The topological polar surface area (TPSA) is 65.6 Å². The first-order chi connectivity index (χ1) is 15.6. The maximum Gasteiger partial charge on any atom is 0.161 e. The fraction of sp³-hybridized carbons (Fsp3) is 0.160. The normalized spacial score (nSPS) is 10.7. The molecule has 0 amide bonds. The number of benzene rings is 3. The van der Waals surface area contributed by atoms with Gasteiger partial charge in [0.05, 0.1) is 39.8 Å². The zero-order chi connectivity index (χ0) is 22.7. The summed E-state index contributed by atoms with van der Waals surface area (Å²) in [6.45, 7) is 0. The first-order valence-electron chi connectivity index (χ1n) is 9.88. The number of aromatic amines is 1. The monoisotopic (exact) mass is 450 g/mol. The maximum absolute atomic E-state index is 6.07. The molecule has 4 rings (SSSR count). The molecule has 0 atom stereocenters. The van der Waals surface area contributed by atoms with E-state index in [0.29, 0.717) is 28.0 Å². The van der Waals surface area contributed by atoms with Crippen LogP contribution < -0.4 is 18.9 Å². The Bertz CT molecular complexity index is 1160. The molecule has 0 saturated heterocycles. The van der Waals surface area contributed by atoms with Gasteiger partial charge in [0.2, 0.25) is 0 Å². The summed E-state index contributed by atoms with van der Waals surface area (Å²) in [6.07, 6.45) is 0. The summed E-state index contributed by atoms with van der Waals surface area (Å²) in [5, 5.41) is 0.667. The molecule has 0 aliphatic carbocycles. The van der Waals surface area contributed by atoms with Crippen LogP contribution in [0.4, 0.5) is 0 Å². The molecule has 0 saturated carbocycles. The molecule has 6 nitrogen and oxygen atoms in total. The van der Waals surface area contributed by atoms with Crippen molar-refractivity contribution in [2.75, 3.05) is 28.4 Å². The number of aromatic nitrogens is 2. The lowest BCUT2D eigenvalue weighted by atomic mass is 10.0. The predicted octanol–water partition coefficient (Wildman–Crippen LogP) is 6.10. The highest BCUT2D eigenvalue weighted by atomic mass is 35.5. The molecule has 0 bridgehead atoms. The third-order valence-electron chi connectivity index (χ3n) is 5.15. The third-order valence-corrected chi connectivity index (χ3v) is 5.40. The summed E-state index contributed by atoms with van der Waals surface area (Å²) in [7, 11) is 6.45. The first kappa shape index (κ1) is 21.6. The minimum atomic E-state index is 0.624. The van der Waals surface area contributed by atoms with Crippen LogP contribution >= 0.6 is 11.6 Å². The Morgan fingerprint density at radius 3 is 1.69 bits per heavy atom. The Labute approximate surface area is 191 Å². The number of hydrogen-bond donors (Lipinski definition) is 1. The third kappa shape index (κ3) is 4.09. The zero-order valence-electron chi connectivity index (χ0n) is 18.2. The van der Waals surface area contributed by atoms with Gasteiger partial charge in [-0.15, -0.1) is 0 Å². The second-order valence-electron chi connectivity index (χ2n) is 6.96. The lowest BCUT2D eigenvalue weighted by Gasteiger charge is -2.11. The minimum Gasteiger partial charge on any atom is -0.493 e. The van der Waals surface area contributed by atoms with E-state index in [1.807, 2.05) is 60.7 Å². The predicted molar refractivity (Wildman–Crippen MR) is 126 cm³/mol. The van der Waals surface area contributed by atoms with E-state index in [9.17, 15) is 0 Å². The van der Waals surface area contributed by atoms with E-state index in [2.05, 4.69) is 4.98 Å². The van der Waals surface area contributed by atoms with Crippen LogP contribution in [0.3, 0.4) is 0 Å². The Morgan fingerprint density at radius 2 is 1.12 bits per heavy atom. The van der Waals surface area contributed by atoms with Gasteiger partial charge in [0.15, 0.2) is 23.0 Å². The molecule has 1 heterocycles. The van der Waals surface area contributed by atoms with Crippen LogP contribution in [0.25, 0.3) is 33.9 Å². The molecule has 32 heavy (non-hydrogen) atoms. The summed E-state index contributed by atoms with van der Waals surface area (Å²) in [5.41, 5.74) is 4.30. The van der Waals surface area contributed by atoms with Crippen LogP contribution in [0.15, 0.2) is 60.7 Å². The number of rotatable bonds is 7. The van der Waals surface area contributed by atoms with Crippen LogP contribution in [0.2, 0.25) is 5.02 Å². The molecule has 0 radical (unpaired) electrons. The number of nitrogens with zero attached hydrogens (tertiary/aromatic N) is 1. The SMILES string of the molecule is COc1ccc(-c2nc(-c3ccc(Cl)cc3)[nH]c2-c2ccc(OC)c(OC)c2)cc1OC. The van der Waals surface area contributed by atoms with Crippen molar-refractivity contribution in [3.8, 4) is 56.9 Å². The summed E-state index contributed by atoms with van der Waals surface area (Å²) in [5.74, 6) is 3.28. The second-order valence-corrected chi connectivity index (χ2v) is 7.39. The van der Waals surface area contributed by atoms with Gasteiger partial charge in [-0.25, -0.2) is 4.98 Å². The van der Waals surface area contributed by atoms with Crippen LogP contribution in [0.5, 0.6) is 23.0 Å². The number of nitrogens with one attached hydrogen (secondary N) is 1. The van der Waals surface area contributed by atoms with Crippen LogP contribution in [0.1, 0.15) is 0 Å². The number of ether oxygens (including phenoxy) is 4. The van der Waals surface area contributed by atoms with Crippen molar-refractivity contribution in [1.82, 2.24) is 9.97 Å². The minimum absolute atomic E-state index is 0.624. The van der Waals surface area contributed by atoms with Gasteiger partial charge in [-0.1, -0.05) is 11.6 Å². The van der Waals surface area contributed by atoms with Crippen LogP contribution in [0, 0.1) is 0 Å². The van der Waals surface area contributed by atoms with E-state index in [-0.39, 0.29) is 0 Å². The molecule has 1 N–H and O–H groups in total. The smallest absolute Gasteiger partial charge is 0.161 e. The number of halogens is 1. The molecule has 3 aromatic carbocycles. The number of methoxy groups -OCH3 is 4. The maximum atomic E-state index is 6.07. The van der Waals surface area contributed by atoms with E-state index in [1.165, 1.54) is 0 Å². The van der Waals surface area contributed by atoms with Crippen molar-refractivity contribution in [3.05, 3.63) is 65.7 Å². The van der Waals surface area contributed by atoms with Gasteiger partial charge in [0, 0.05) is 21.7 Å². The molecule has 7 heteroatoms. The summed E-state index contributed by atoms with van der Waals surface area (Å²) >= 11 is 6.07. The van der Waals surface area contributed by atoms with Gasteiger partial charge in [0.25, 0.3) is 0 Å².